The van der Waals surface area contributed by atoms with Crippen molar-refractivity contribution >= 4 is 5.91 Å². The summed E-state index contributed by atoms with van der Waals surface area (Å²) < 4.78 is 5.47. The predicted molar refractivity (Wildman–Crippen MR) is 74.1 cm³/mol. The van der Waals surface area contributed by atoms with Crippen molar-refractivity contribution in [2.75, 3.05) is 26.3 Å². The third-order valence-electron chi connectivity index (χ3n) is 4.52. The van der Waals surface area contributed by atoms with Crippen molar-refractivity contribution in [2.24, 2.45) is 5.41 Å². The zero-order valence-corrected chi connectivity index (χ0v) is 11.3. The van der Waals surface area contributed by atoms with E-state index in [0.717, 1.165) is 51.1 Å². The van der Waals surface area contributed by atoms with Gasteiger partial charge >= 0.3 is 0 Å². The molecule has 1 aromatic carbocycles. The smallest absolute Gasteiger partial charge is 0.253 e. The van der Waals surface area contributed by atoms with E-state index in [1.807, 2.05) is 35.2 Å². The minimum atomic E-state index is 0.186. The fourth-order valence-corrected chi connectivity index (χ4v) is 3.36. The molecule has 1 amide bonds. The lowest BCUT2D eigenvalue weighted by Crippen LogP contribution is -2.48. The molecular formula is C16H21NO2. The molecule has 0 radical (unpaired) electrons. The van der Waals surface area contributed by atoms with Crippen LogP contribution in [0.15, 0.2) is 30.3 Å². The molecule has 2 heterocycles. The molecule has 0 saturated carbocycles. The van der Waals surface area contributed by atoms with Crippen molar-refractivity contribution in [2.45, 2.75) is 25.7 Å². The maximum atomic E-state index is 12.5. The van der Waals surface area contributed by atoms with E-state index in [9.17, 15) is 4.79 Å². The van der Waals surface area contributed by atoms with Gasteiger partial charge in [-0.3, -0.25) is 4.79 Å². The van der Waals surface area contributed by atoms with Crippen LogP contribution < -0.4 is 0 Å². The van der Waals surface area contributed by atoms with E-state index < -0.39 is 0 Å². The van der Waals surface area contributed by atoms with Gasteiger partial charge in [0.1, 0.15) is 0 Å². The summed E-state index contributed by atoms with van der Waals surface area (Å²) in [6.45, 7) is 3.52. The third-order valence-corrected chi connectivity index (χ3v) is 4.52. The number of rotatable bonds is 1. The van der Waals surface area contributed by atoms with Crippen LogP contribution in [-0.4, -0.2) is 37.1 Å². The number of piperidine rings is 1. The van der Waals surface area contributed by atoms with Gasteiger partial charge in [-0.2, -0.15) is 0 Å². The van der Waals surface area contributed by atoms with Gasteiger partial charge in [-0.1, -0.05) is 18.2 Å². The summed E-state index contributed by atoms with van der Waals surface area (Å²) in [5.41, 5.74) is 1.13. The van der Waals surface area contributed by atoms with Gasteiger partial charge in [-0.25, -0.2) is 0 Å². The van der Waals surface area contributed by atoms with Gasteiger partial charge in [0.05, 0.1) is 0 Å². The van der Waals surface area contributed by atoms with Crippen LogP contribution in [-0.2, 0) is 4.74 Å². The van der Waals surface area contributed by atoms with E-state index in [1.165, 1.54) is 6.42 Å². The fourth-order valence-electron chi connectivity index (χ4n) is 3.36. The van der Waals surface area contributed by atoms with E-state index in [4.69, 9.17) is 4.74 Å². The number of amides is 1. The molecule has 0 unspecified atom stereocenters. The summed E-state index contributed by atoms with van der Waals surface area (Å²) in [5.74, 6) is 0.186. The van der Waals surface area contributed by atoms with Crippen LogP contribution in [0, 0.1) is 5.41 Å². The Bertz CT molecular complexity index is 432. The predicted octanol–water partition coefficient (Wildman–Crippen LogP) is 2.72. The summed E-state index contributed by atoms with van der Waals surface area (Å²) in [4.78, 5) is 14.6. The van der Waals surface area contributed by atoms with Gasteiger partial charge in [-0.05, 0) is 43.2 Å². The zero-order valence-electron chi connectivity index (χ0n) is 11.3. The minimum absolute atomic E-state index is 0.186. The molecule has 19 heavy (non-hydrogen) atoms. The number of hydrogen-bond acceptors (Lipinski definition) is 2. The summed E-state index contributed by atoms with van der Waals surface area (Å²) >= 11 is 0. The molecule has 2 aliphatic heterocycles. The van der Waals surface area contributed by atoms with E-state index >= 15 is 0 Å². The number of ether oxygens (including phenoxy) is 1. The SMILES string of the molecule is O=C(c1ccccc1)N1CCCC2(CCOCC2)C1. The van der Waals surface area contributed by atoms with E-state index in [0.29, 0.717) is 5.41 Å². The standard InChI is InChI=1S/C16H21NO2/c18-15(14-5-2-1-3-6-14)17-10-4-7-16(13-17)8-11-19-12-9-16/h1-3,5-6H,4,7-13H2. The summed E-state index contributed by atoms with van der Waals surface area (Å²) in [6, 6.07) is 9.64. The zero-order chi connectivity index (χ0) is 13.1. The highest BCUT2D eigenvalue weighted by Gasteiger charge is 2.38. The molecule has 0 atom stereocenters. The second kappa shape index (κ2) is 5.33. The van der Waals surface area contributed by atoms with E-state index in [-0.39, 0.29) is 5.91 Å². The highest BCUT2D eigenvalue weighted by Crippen LogP contribution is 2.39. The van der Waals surface area contributed by atoms with E-state index in [2.05, 4.69) is 0 Å². The molecule has 2 fully saturated rings. The van der Waals surface area contributed by atoms with Crippen molar-refractivity contribution in [1.82, 2.24) is 4.90 Å². The topological polar surface area (TPSA) is 29.5 Å². The van der Waals surface area contributed by atoms with E-state index in [1.54, 1.807) is 0 Å². The second-order valence-electron chi connectivity index (χ2n) is 5.81. The first-order valence-electron chi connectivity index (χ1n) is 7.21. The van der Waals surface area contributed by atoms with Crippen LogP contribution in [0.25, 0.3) is 0 Å². The van der Waals surface area contributed by atoms with Crippen LogP contribution >= 0.6 is 0 Å². The number of benzene rings is 1. The quantitative estimate of drug-likeness (QED) is 0.776. The van der Waals surface area contributed by atoms with Crippen molar-refractivity contribution in [3.8, 4) is 0 Å². The fraction of sp³-hybridized carbons (Fsp3) is 0.562. The average Bonchev–Trinajstić information content (AvgIpc) is 2.48. The monoisotopic (exact) mass is 259 g/mol. The molecule has 0 aromatic heterocycles. The number of carbonyl (C=O) groups is 1. The van der Waals surface area contributed by atoms with Gasteiger partial charge in [0.2, 0.25) is 0 Å². The number of likely N-dealkylation sites (tertiary alicyclic amines) is 1. The average molecular weight is 259 g/mol. The molecule has 3 nitrogen and oxygen atoms in total. The van der Waals surface area contributed by atoms with Crippen LogP contribution in [0.3, 0.4) is 0 Å². The van der Waals surface area contributed by atoms with Crippen molar-refractivity contribution in [1.29, 1.82) is 0 Å². The summed E-state index contributed by atoms with van der Waals surface area (Å²) in [6.07, 6.45) is 4.57. The molecule has 0 N–H and O–H groups in total. The molecule has 3 heteroatoms. The maximum Gasteiger partial charge on any atom is 0.253 e. The Morgan fingerprint density at radius 1 is 1.11 bits per heavy atom. The molecule has 3 rings (SSSR count). The molecule has 1 spiro atoms. The lowest BCUT2D eigenvalue weighted by molar-refractivity contribution is -0.0229. The lowest BCUT2D eigenvalue weighted by atomic mass is 9.74. The molecule has 0 bridgehead atoms. The molecule has 2 aliphatic rings. The van der Waals surface area contributed by atoms with Gasteiger partial charge < -0.3 is 9.64 Å². The Balaban J connectivity index is 1.73. The number of hydrogen-bond donors (Lipinski definition) is 0. The molecular weight excluding hydrogens is 238 g/mol. The van der Waals surface area contributed by atoms with Crippen molar-refractivity contribution in [3.63, 3.8) is 0 Å². The van der Waals surface area contributed by atoms with Gasteiger partial charge in [0, 0.05) is 31.9 Å². The first kappa shape index (κ1) is 12.7. The Kier molecular flexibility index (Phi) is 3.56. The number of nitrogens with zero attached hydrogens (tertiary/aromatic N) is 1. The molecule has 1 aromatic rings. The Hall–Kier alpha value is -1.35. The first-order valence-corrected chi connectivity index (χ1v) is 7.21. The largest absolute Gasteiger partial charge is 0.381 e. The lowest BCUT2D eigenvalue weighted by Gasteiger charge is -2.45. The van der Waals surface area contributed by atoms with Crippen LogP contribution in [0.4, 0.5) is 0 Å². The number of carbonyl (C=O) groups excluding carboxylic acids is 1. The van der Waals surface area contributed by atoms with Crippen LogP contribution in [0.5, 0.6) is 0 Å². The third kappa shape index (κ3) is 2.66. The Morgan fingerprint density at radius 2 is 1.84 bits per heavy atom. The Labute approximate surface area is 114 Å². The Morgan fingerprint density at radius 3 is 2.58 bits per heavy atom. The van der Waals surface area contributed by atoms with Crippen LogP contribution in [0.1, 0.15) is 36.0 Å². The second-order valence-corrected chi connectivity index (χ2v) is 5.81. The molecule has 2 saturated heterocycles. The molecule has 0 aliphatic carbocycles. The highest BCUT2D eigenvalue weighted by atomic mass is 16.5. The van der Waals surface area contributed by atoms with Gasteiger partial charge in [0.25, 0.3) is 5.91 Å². The van der Waals surface area contributed by atoms with Crippen molar-refractivity contribution < 1.29 is 9.53 Å². The first-order chi connectivity index (χ1) is 9.29. The normalized spacial score (nSPS) is 22.4. The maximum absolute atomic E-state index is 12.5. The van der Waals surface area contributed by atoms with Crippen LogP contribution in [0.2, 0.25) is 0 Å². The summed E-state index contributed by atoms with van der Waals surface area (Å²) in [5, 5.41) is 0. The molecule has 102 valence electrons. The van der Waals surface area contributed by atoms with Gasteiger partial charge in [0.15, 0.2) is 0 Å². The summed E-state index contributed by atoms with van der Waals surface area (Å²) in [7, 11) is 0. The minimum Gasteiger partial charge on any atom is -0.381 e. The van der Waals surface area contributed by atoms with Gasteiger partial charge in [-0.15, -0.1) is 0 Å². The highest BCUT2D eigenvalue weighted by molar-refractivity contribution is 5.94. The van der Waals surface area contributed by atoms with Crippen molar-refractivity contribution in [3.05, 3.63) is 35.9 Å².